The van der Waals surface area contributed by atoms with E-state index in [0.29, 0.717) is 45.3 Å². The predicted molar refractivity (Wildman–Crippen MR) is 184 cm³/mol. The SMILES string of the molecule is COCCOCCOc1cccc(-c2ccnc3c2nc(-c2ccc(C(=O)N4CCN(C)CC4)cc2)n3COCC[Si](C)(C)C)c1. The summed E-state index contributed by atoms with van der Waals surface area (Å²) in [5.74, 6) is 1.57. The molecule has 2 aromatic heterocycles. The molecular weight excluding hydrogens is 599 g/mol. The van der Waals surface area contributed by atoms with Crippen LogP contribution in [-0.4, -0.2) is 112 Å². The van der Waals surface area contributed by atoms with Crippen molar-refractivity contribution in [3.63, 3.8) is 0 Å². The molecule has 0 saturated carbocycles. The van der Waals surface area contributed by atoms with E-state index in [1.165, 1.54) is 0 Å². The van der Waals surface area contributed by atoms with E-state index in [1.54, 1.807) is 7.11 Å². The number of fused-ring (bicyclic) bond motifs is 1. The molecule has 11 heteroatoms. The fourth-order valence-corrected chi connectivity index (χ4v) is 6.05. The Labute approximate surface area is 273 Å². The highest BCUT2D eigenvalue weighted by Gasteiger charge is 2.22. The summed E-state index contributed by atoms with van der Waals surface area (Å²) in [6.45, 7) is 13.3. The fourth-order valence-electron chi connectivity index (χ4n) is 5.30. The van der Waals surface area contributed by atoms with Gasteiger partial charge < -0.3 is 28.7 Å². The van der Waals surface area contributed by atoms with Crippen LogP contribution in [0.25, 0.3) is 33.7 Å². The summed E-state index contributed by atoms with van der Waals surface area (Å²) in [5.41, 5.74) is 5.05. The molecule has 0 unspecified atom stereocenters. The van der Waals surface area contributed by atoms with Crippen LogP contribution in [0.2, 0.25) is 25.7 Å². The molecule has 1 aliphatic heterocycles. The van der Waals surface area contributed by atoms with Gasteiger partial charge in [-0.2, -0.15) is 0 Å². The topological polar surface area (TPSA) is 91.2 Å². The maximum atomic E-state index is 13.2. The molecule has 2 aromatic carbocycles. The van der Waals surface area contributed by atoms with Crippen LogP contribution in [0.1, 0.15) is 10.4 Å². The number of hydrogen-bond acceptors (Lipinski definition) is 8. The van der Waals surface area contributed by atoms with Gasteiger partial charge in [0.05, 0.1) is 19.8 Å². The molecule has 0 bridgehead atoms. The van der Waals surface area contributed by atoms with Gasteiger partial charge in [0.2, 0.25) is 0 Å². The number of imidazole rings is 1. The van der Waals surface area contributed by atoms with Crippen LogP contribution in [0.3, 0.4) is 0 Å². The first-order chi connectivity index (χ1) is 22.2. The first kappa shape index (κ1) is 33.7. The quantitative estimate of drug-likeness (QED) is 0.124. The average Bonchev–Trinajstić information content (AvgIpc) is 3.43. The molecule has 3 heterocycles. The standard InChI is InChI=1S/C35H47N5O5Si/c1-38-15-17-39(18-16-38)35(41)28-11-9-27(10-12-28)33-37-32-31(13-14-36-34(32)40(33)26-44-23-24-46(3,4)5)29-7-6-8-30(25-29)45-22-21-43-20-19-42-2/h6-14,25H,15-24,26H2,1-5H3. The molecule has 4 aromatic rings. The third kappa shape index (κ3) is 8.80. The Bertz CT molecular complexity index is 1580. The number of carbonyl (C=O) groups excluding carboxylic acids is 1. The van der Waals surface area contributed by atoms with Crippen molar-refractivity contribution in [1.82, 2.24) is 24.3 Å². The normalized spacial score (nSPS) is 14.2. The van der Waals surface area contributed by atoms with Gasteiger partial charge in [0.1, 0.15) is 30.4 Å². The summed E-state index contributed by atoms with van der Waals surface area (Å²) >= 11 is 0. The third-order valence-corrected chi connectivity index (χ3v) is 9.81. The summed E-state index contributed by atoms with van der Waals surface area (Å²) in [6.07, 6.45) is 1.82. The number of aromatic nitrogens is 3. The van der Waals surface area contributed by atoms with Crippen LogP contribution in [0, 0.1) is 0 Å². The van der Waals surface area contributed by atoms with Crippen molar-refractivity contribution in [1.29, 1.82) is 0 Å². The van der Waals surface area contributed by atoms with E-state index in [9.17, 15) is 4.79 Å². The first-order valence-corrected chi connectivity index (χ1v) is 19.8. The van der Waals surface area contributed by atoms with Gasteiger partial charge in [0, 0.05) is 70.9 Å². The average molecular weight is 646 g/mol. The summed E-state index contributed by atoms with van der Waals surface area (Å²) in [5, 5.41) is 0. The lowest BCUT2D eigenvalue weighted by molar-refractivity contribution is 0.0544. The molecule has 0 spiro atoms. The minimum atomic E-state index is -1.25. The molecule has 46 heavy (non-hydrogen) atoms. The second-order valence-corrected chi connectivity index (χ2v) is 18.5. The number of benzene rings is 2. The second-order valence-electron chi connectivity index (χ2n) is 12.9. The minimum Gasteiger partial charge on any atom is -0.491 e. The highest BCUT2D eigenvalue weighted by Crippen LogP contribution is 2.33. The Morgan fingerprint density at radius 1 is 0.870 bits per heavy atom. The number of methoxy groups -OCH3 is 1. The smallest absolute Gasteiger partial charge is 0.253 e. The highest BCUT2D eigenvalue weighted by atomic mass is 28.3. The van der Waals surface area contributed by atoms with E-state index >= 15 is 0 Å². The molecular formula is C35H47N5O5Si. The van der Waals surface area contributed by atoms with Gasteiger partial charge in [-0.1, -0.05) is 43.9 Å². The molecule has 0 N–H and O–H groups in total. The van der Waals surface area contributed by atoms with E-state index in [2.05, 4.69) is 37.7 Å². The summed E-state index contributed by atoms with van der Waals surface area (Å²) in [4.78, 5) is 27.3. The number of amides is 1. The maximum absolute atomic E-state index is 13.2. The minimum absolute atomic E-state index is 0.0652. The van der Waals surface area contributed by atoms with Crippen molar-refractivity contribution < 1.29 is 23.7 Å². The highest BCUT2D eigenvalue weighted by molar-refractivity contribution is 6.76. The van der Waals surface area contributed by atoms with Crippen molar-refractivity contribution in [2.75, 3.05) is 73.4 Å². The molecule has 1 amide bonds. The molecule has 1 saturated heterocycles. The summed E-state index contributed by atoms with van der Waals surface area (Å²) in [7, 11) is 2.49. The van der Waals surface area contributed by atoms with E-state index in [4.69, 9.17) is 28.9 Å². The number of ether oxygens (including phenoxy) is 4. The van der Waals surface area contributed by atoms with E-state index in [0.717, 1.165) is 71.7 Å². The van der Waals surface area contributed by atoms with Crippen LogP contribution < -0.4 is 4.74 Å². The molecule has 10 nitrogen and oxygen atoms in total. The van der Waals surface area contributed by atoms with Gasteiger partial charge in [-0.05, 0) is 49.0 Å². The molecule has 0 aliphatic carbocycles. The summed E-state index contributed by atoms with van der Waals surface area (Å²) < 4.78 is 24.8. The number of nitrogens with zero attached hydrogens (tertiary/aromatic N) is 5. The number of hydrogen-bond donors (Lipinski definition) is 0. The molecule has 5 rings (SSSR count). The monoisotopic (exact) mass is 645 g/mol. The molecule has 0 radical (unpaired) electrons. The van der Waals surface area contributed by atoms with Crippen LogP contribution in [0.15, 0.2) is 60.8 Å². The first-order valence-electron chi connectivity index (χ1n) is 16.0. The number of rotatable bonds is 15. The van der Waals surface area contributed by atoms with Crippen LogP contribution >= 0.6 is 0 Å². The number of piperazine rings is 1. The Balaban J connectivity index is 1.42. The lowest BCUT2D eigenvalue weighted by Gasteiger charge is -2.32. The van der Waals surface area contributed by atoms with Gasteiger partial charge in [-0.3, -0.25) is 9.36 Å². The van der Waals surface area contributed by atoms with Crippen molar-refractivity contribution in [3.8, 4) is 28.3 Å². The van der Waals surface area contributed by atoms with E-state index in [-0.39, 0.29) is 5.91 Å². The lowest BCUT2D eigenvalue weighted by atomic mass is 10.1. The zero-order valence-electron chi connectivity index (χ0n) is 27.8. The van der Waals surface area contributed by atoms with Crippen LogP contribution in [0.4, 0.5) is 0 Å². The Kier molecular flexibility index (Phi) is 11.6. The molecule has 246 valence electrons. The van der Waals surface area contributed by atoms with Crippen molar-refractivity contribution in [3.05, 3.63) is 66.4 Å². The second kappa shape index (κ2) is 15.8. The number of carbonyl (C=O) groups is 1. The summed E-state index contributed by atoms with van der Waals surface area (Å²) in [6, 6.07) is 18.8. The van der Waals surface area contributed by atoms with Gasteiger partial charge >= 0.3 is 0 Å². The van der Waals surface area contributed by atoms with Crippen molar-refractivity contribution in [2.45, 2.75) is 32.4 Å². The van der Waals surface area contributed by atoms with Crippen molar-refractivity contribution >= 4 is 25.1 Å². The van der Waals surface area contributed by atoms with Gasteiger partial charge in [-0.25, -0.2) is 9.97 Å². The third-order valence-electron chi connectivity index (χ3n) is 8.10. The number of likely N-dealkylation sites (N-methyl/N-ethyl adjacent to an activating group) is 1. The molecule has 1 aliphatic rings. The van der Waals surface area contributed by atoms with E-state index < -0.39 is 8.07 Å². The van der Waals surface area contributed by atoms with E-state index in [1.807, 2.05) is 64.2 Å². The Morgan fingerprint density at radius 3 is 2.37 bits per heavy atom. The van der Waals surface area contributed by atoms with Crippen LogP contribution in [0.5, 0.6) is 5.75 Å². The Morgan fingerprint density at radius 2 is 1.63 bits per heavy atom. The largest absolute Gasteiger partial charge is 0.491 e. The van der Waals surface area contributed by atoms with Gasteiger partial charge in [-0.15, -0.1) is 0 Å². The zero-order valence-corrected chi connectivity index (χ0v) is 28.8. The number of pyridine rings is 1. The van der Waals surface area contributed by atoms with Crippen LogP contribution in [-0.2, 0) is 20.9 Å². The Hall–Kier alpha value is -3.61. The van der Waals surface area contributed by atoms with Gasteiger partial charge in [0.15, 0.2) is 5.65 Å². The fraction of sp³-hybridized carbons (Fsp3) is 0.457. The molecule has 0 atom stereocenters. The van der Waals surface area contributed by atoms with Gasteiger partial charge in [0.25, 0.3) is 5.91 Å². The maximum Gasteiger partial charge on any atom is 0.253 e. The predicted octanol–water partition coefficient (Wildman–Crippen LogP) is 5.51. The lowest BCUT2D eigenvalue weighted by Crippen LogP contribution is -2.47. The molecule has 1 fully saturated rings. The zero-order chi connectivity index (χ0) is 32.5. The van der Waals surface area contributed by atoms with Crippen molar-refractivity contribution in [2.24, 2.45) is 0 Å².